The summed E-state index contributed by atoms with van der Waals surface area (Å²) in [5.74, 6) is 0.0884. The summed E-state index contributed by atoms with van der Waals surface area (Å²) in [7, 11) is -3.00. The molecule has 0 bridgehead atoms. The van der Waals surface area contributed by atoms with Crippen LogP contribution in [-0.4, -0.2) is 17.5 Å². The molecule has 5 nitrogen and oxygen atoms in total. The number of hydrogen-bond acceptors (Lipinski definition) is 4. The van der Waals surface area contributed by atoms with Crippen molar-refractivity contribution < 1.29 is 23.5 Å². The summed E-state index contributed by atoms with van der Waals surface area (Å²) in [5, 5.41) is 0. The molecule has 0 saturated carbocycles. The largest absolute Gasteiger partial charge is 0.426 e. The Balaban J connectivity index is 0.00000129. The van der Waals surface area contributed by atoms with Crippen LogP contribution in [0.15, 0.2) is 12.1 Å². The molecule has 0 fully saturated rings. The minimum Gasteiger partial charge on any atom is -0.426 e. The molecule has 0 heterocycles. The van der Waals surface area contributed by atoms with E-state index in [1.165, 1.54) is 12.8 Å². The van der Waals surface area contributed by atoms with Gasteiger partial charge in [0.25, 0.3) is 0 Å². The Hall–Kier alpha value is -1.16. The minimum absolute atomic E-state index is 0.0616. The Morgan fingerprint density at radius 1 is 1.16 bits per heavy atom. The molecule has 1 unspecified atom stereocenters. The molecule has 1 rings (SSSR count). The summed E-state index contributed by atoms with van der Waals surface area (Å²) in [6, 6.07) is 3.97. The van der Waals surface area contributed by atoms with E-state index in [-0.39, 0.29) is 18.4 Å². The van der Waals surface area contributed by atoms with Crippen LogP contribution in [0.1, 0.15) is 70.6 Å². The lowest BCUT2D eigenvalue weighted by atomic mass is 9.84. The fourth-order valence-electron chi connectivity index (χ4n) is 2.03. The smallest absolute Gasteiger partial charge is 0.316 e. The molecule has 0 radical (unpaired) electrons. The van der Waals surface area contributed by atoms with Crippen LogP contribution in [0.3, 0.4) is 0 Å². The van der Waals surface area contributed by atoms with Crippen molar-refractivity contribution in [3.8, 4) is 5.75 Å². The maximum atomic E-state index is 11.8. The number of carbonyl (C=O) groups excluding carboxylic acids is 1. The van der Waals surface area contributed by atoms with Crippen molar-refractivity contribution in [3.63, 3.8) is 0 Å². The van der Waals surface area contributed by atoms with Crippen LogP contribution in [-0.2, 0) is 19.3 Å². The number of esters is 1. The van der Waals surface area contributed by atoms with Crippen LogP contribution in [0.2, 0.25) is 0 Å². The molecule has 1 N–H and O–H groups in total. The van der Waals surface area contributed by atoms with Gasteiger partial charge in [-0.3, -0.25) is 9.36 Å². The first-order valence-corrected chi connectivity index (χ1v) is 9.97. The molecule has 0 aliphatic rings. The lowest BCUT2D eigenvalue weighted by Crippen LogP contribution is -2.18. The molecule has 144 valence electrons. The summed E-state index contributed by atoms with van der Waals surface area (Å²) in [4.78, 5) is 20.4. The third-order valence-corrected chi connectivity index (χ3v) is 3.93. The average molecular weight is 372 g/mol. The Bertz CT molecular complexity index is 574. The monoisotopic (exact) mass is 372 g/mol. The van der Waals surface area contributed by atoms with Crippen molar-refractivity contribution in [1.29, 1.82) is 0 Å². The van der Waals surface area contributed by atoms with E-state index in [1.54, 1.807) is 0 Å². The third-order valence-electron chi connectivity index (χ3n) is 3.47. The molecule has 0 spiro atoms. The molecule has 0 aliphatic carbocycles. The highest BCUT2D eigenvalue weighted by Crippen LogP contribution is 2.35. The number of benzene rings is 1. The molecule has 0 aliphatic heterocycles. The summed E-state index contributed by atoms with van der Waals surface area (Å²) >= 11 is 0. The van der Waals surface area contributed by atoms with E-state index in [4.69, 9.17) is 9.63 Å². The van der Waals surface area contributed by atoms with Gasteiger partial charge in [-0.1, -0.05) is 65.2 Å². The van der Waals surface area contributed by atoms with Gasteiger partial charge in [0.1, 0.15) is 5.75 Å². The predicted molar refractivity (Wildman–Crippen MR) is 103 cm³/mol. The molecular formula is C19H33O5P. The second-order valence-electron chi connectivity index (χ2n) is 7.05. The van der Waals surface area contributed by atoms with Crippen molar-refractivity contribution >= 4 is 14.2 Å². The summed E-state index contributed by atoms with van der Waals surface area (Å²) in [6.07, 6.45) is 2.58. The first kappa shape index (κ1) is 23.8. The topological polar surface area (TPSA) is 72.8 Å². The summed E-state index contributed by atoms with van der Waals surface area (Å²) in [5.41, 5.74) is 2.81. The van der Waals surface area contributed by atoms with E-state index in [9.17, 15) is 9.36 Å². The molecule has 1 aromatic carbocycles. The molecule has 6 heteroatoms. The van der Waals surface area contributed by atoms with Crippen LogP contribution in [0, 0.1) is 13.8 Å². The molecule has 1 atom stereocenters. The van der Waals surface area contributed by atoms with E-state index >= 15 is 0 Å². The van der Waals surface area contributed by atoms with Gasteiger partial charge in [0.15, 0.2) is 0 Å². The lowest BCUT2D eigenvalue weighted by Gasteiger charge is -2.24. The normalized spacial score (nSPS) is 12.2. The Morgan fingerprint density at radius 3 is 2.16 bits per heavy atom. The van der Waals surface area contributed by atoms with E-state index in [1.807, 2.05) is 26.0 Å². The summed E-state index contributed by atoms with van der Waals surface area (Å²) < 4.78 is 20.4. The Labute approximate surface area is 152 Å². The summed E-state index contributed by atoms with van der Waals surface area (Å²) in [6.45, 7) is 14.3. The zero-order valence-corrected chi connectivity index (χ0v) is 17.6. The van der Waals surface area contributed by atoms with Gasteiger partial charge in [-0.15, -0.1) is 0 Å². The second kappa shape index (κ2) is 11.5. The van der Waals surface area contributed by atoms with Crippen molar-refractivity contribution in [2.75, 3.05) is 6.61 Å². The number of rotatable bonds is 6. The zero-order chi connectivity index (χ0) is 19.6. The predicted octanol–water partition coefficient (Wildman–Crippen LogP) is 5.10. The van der Waals surface area contributed by atoms with Crippen molar-refractivity contribution in [2.24, 2.45) is 0 Å². The van der Waals surface area contributed by atoms with Gasteiger partial charge in [0.05, 0.1) is 13.0 Å². The van der Waals surface area contributed by atoms with Crippen molar-refractivity contribution in [3.05, 3.63) is 28.8 Å². The molecule has 0 aromatic heterocycles. The Kier molecular flexibility index (Phi) is 10.9. The first-order valence-electron chi connectivity index (χ1n) is 8.71. The van der Waals surface area contributed by atoms with Gasteiger partial charge in [0, 0.05) is 5.56 Å². The van der Waals surface area contributed by atoms with Gasteiger partial charge in [-0.2, -0.15) is 0 Å². The number of hydrogen-bond donors (Lipinski definition) is 1. The van der Waals surface area contributed by atoms with Crippen LogP contribution < -0.4 is 4.74 Å². The SMILES string of the molecule is CCCC.Cc1cc(C)c(OC(=O)CCO[PH](=O)O)c(C(C)(C)C)c1. The van der Waals surface area contributed by atoms with Crippen molar-refractivity contribution in [2.45, 2.75) is 73.1 Å². The maximum absolute atomic E-state index is 11.8. The average Bonchev–Trinajstić information content (AvgIpc) is 2.48. The van der Waals surface area contributed by atoms with Gasteiger partial charge < -0.3 is 14.2 Å². The number of ether oxygens (including phenoxy) is 1. The number of aryl methyl sites for hydroxylation is 2. The van der Waals surface area contributed by atoms with Crippen LogP contribution in [0.4, 0.5) is 0 Å². The number of unbranched alkanes of at least 4 members (excludes halogenated alkanes) is 1. The highest BCUT2D eigenvalue weighted by molar-refractivity contribution is 7.32. The van der Waals surface area contributed by atoms with E-state index in [2.05, 4.69) is 39.1 Å². The minimum atomic E-state index is -3.00. The second-order valence-corrected chi connectivity index (χ2v) is 7.87. The molecule has 1 aromatic rings. The van der Waals surface area contributed by atoms with Gasteiger partial charge in [-0.25, -0.2) is 0 Å². The number of carbonyl (C=O) groups is 1. The Morgan fingerprint density at radius 2 is 1.72 bits per heavy atom. The highest BCUT2D eigenvalue weighted by atomic mass is 31.1. The van der Waals surface area contributed by atoms with Crippen LogP contribution >= 0.6 is 8.25 Å². The van der Waals surface area contributed by atoms with E-state index in [0.29, 0.717) is 5.75 Å². The standard InChI is InChI=1S/C15H23O5P.C4H10/c1-10-8-11(2)14(12(9-10)15(3,4)5)20-13(16)6-7-19-21(17)18;1-3-4-2/h8-9,21H,6-7H2,1-5H3,(H,17,18);3-4H2,1-2H3. The van der Waals surface area contributed by atoms with Gasteiger partial charge >= 0.3 is 14.2 Å². The van der Waals surface area contributed by atoms with Crippen molar-refractivity contribution in [1.82, 2.24) is 0 Å². The third kappa shape index (κ3) is 9.78. The lowest BCUT2D eigenvalue weighted by molar-refractivity contribution is -0.135. The van der Waals surface area contributed by atoms with Crippen LogP contribution in [0.5, 0.6) is 5.75 Å². The molecular weight excluding hydrogens is 339 g/mol. The molecule has 25 heavy (non-hydrogen) atoms. The fraction of sp³-hybridized carbons (Fsp3) is 0.632. The van der Waals surface area contributed by atoms with Gasteiger partial charge in [-0.05, 0) is 24.8 Å². The van der Waals surface area contributed by atoms with E-state index in [0.717, 1.165) is 16.7 Å². The fourth-order valence-corrected chi connectivity index (χ4v) is 2.31. The highest BCUT2D eigenvalue weighted by Gasteiger charge is 2.22. The van der Waals surface area contributed by atoms with Gasteiger partial charge in [0.2, 0.25) is 0 Å². The molecule has 0 saturated heterocycles. The van der Waals surface area contributed by atoms with Crippen LogP contribution in [0.25, 0.3) is 0 Å². The first-order chi connectivity index (χ1) is 11.5. The van der Waals surface area contributed by atoms with E-state index < -0.39 is 14.2 Å². The molecule has 0 amide bonds. The zero-order valence-electron chi connectivity index (χ0n) is 16.6. The maximum Gasteiger partial charge on any atom is 0.316 e. The quantitative estimate of drug-likeness (QED) is 0.427.